The van der Waals surface area contributed by atoms with Gasteiger partial charge in [0.2, 0.25) is 5.78 Å². The zero-order valence-corrected chi connectivity index (χ0v) is 17.1. The largest absolute Gasteiger partial charge is 0.497 e. The number of benzene rings is 3. The summed E-state index contributed by atoms with van der Waals surface area (Å²) in [5.41, 5.74) is 3.17. The minimum Gasteiger partial charge on any atom is -0.497 e. The molecule has 1 aliphatic rings. The molecule has 0 amide bonds. The van der Waals surface area contributed by atoms with Gasteiger partial charge in [-0.1, -0.05) is 30.3 Å². The van der Waals surface area contributed by atoms with Crippen LogP contribution in [0.25, 0.3) is 6.08 Å². The van der Waals surface area contributed by atoms with Crippen LogP contribution in [0, 0.1) is 6.92 Å². The van der Waals surface area contributed by atoms with Gasteiger partial charge >= 0.3 is 0 Å². The van der Waals surface area contributed by atoms with Crippen LogP contribution in [0.4, 0.5) is 0 Å². The van der Waals surface area contributed by atoms with Crippen molar-refractivity contribution in [1.82, 2.24) is 0 Å². The van der Waals surface area contributed by atoms with Crippen LogP contribution in [0.3, 0.4) is 0 Å². The van der Waals surface area contributed by atoms with Crippen molar-refractivity contribution < 1.29 is 23.7 Å². The molecule has 3 aromatic carbocycles. The van der Waals surface area contributed by atoms with Gasteiger partial charge in [0, 0.05) is 17.7 Å². The van der Waals surface area contributed by atoms with E-state index in [1.165, 1.54) is 0 Å². The van der Waals surface area contributed by atoms with E-state index in [1.807, 2.05) is 55.5 Å². The quantitative estimate of drug-likeness (QED) is 0.530. The van der Waals surface area contributed by atoms with Gasteiger partial charge in [-0.05, 0) is 42.3 Å². The minimum absolute atomic E-state index is 0.157. The lowest BCUT2D eigenvalue weighted by Gasteiger charge is -2.09. The molecular formula is C25H22O5. The topological polar surface area (TPSA) is 54.0 Å². The summed E-state index contributed by atoms with van der Waals surface area (Å²) < 4.78 is 22.4. The van der Waals surface area contributed by atoms with Crippen molar-refractivity contribution in [2.75, 3.05) is 14.2 Å². The van der Waals surface area contributed by atoms with Crippen LogP contribution in [-0.2, 0) is 6.61 Å². The zero-order valence-electron chi connectivity index (χ0n) is 17.1. The fourth-order valence-corrected chi connectivity index (χ4v) is 3.38. The van der Waals surface area contributed by atoms with Crippen molar-refractivity contribution >= 4 is 11.9 Å². The number of Topliss-reactive ketones (excluding diaryl/α,β-unsaturated/α-hetero) is 1. The maximum atomic E-state index is 12.9. The predicted octanol–water partition coefficient (Wildman–Crippen LogP) is 5.21. The fourth-order valence-electron chi connectivity index (χ4n) is 3.38. The summed E-state index contributed by atoms with van der Waals surface area (Å²) in [7, 11) is 3.16. The maximum absolute atomic E-state index is 12.9. The number of allylic oxidation sites excluding steroid dienone is 1. The molecule has 0 unspecified atom stereocenters. The van der Waals surface area contributed by atoms with Gasteiger partial charge in [-0.2, -0.15) is 0 Å². The number of carbonyl (C=O) groups is 1. The third-order valence-corrected chi connectivity index (χ3v) is 4.92. The van der Waals surface area contributed by atoms with Gasteiger partial charge in [0.1, 0.15) is 29.6 Å². The summed E-state index contributed by atoms with van der Waals surface area (Å²) in [5, 5.41) is 0. The first-order chi connectivity index (χ1) is 14.6. The molecule has 0 N–H and O–H groups in total. The Labute approximate surface area is 175 Å². The smallest absolute Gasteiger partial charge is 0.232 e. The van der Waals surface area contributed by atoms with Crippen molar-refractivity contribution in [3.63, 3.8) is 0 Å². The number of ketones is 1. The van der Waals surface area contributed by atoms with E-state index in [9.17, 15) is 4.79 Å². The van der Waals surface area contributed by atoms with Crippen LogP contribution in [-0.4, -0.2) is 20.0 Å². The molecule has 30 heavy (non-hydrogen) atoms. The van der Waals surface area contributed by atoms with Crippen molar-refractivity contribution in [2.45, 2.75) is 13.5 Å². The van der Waals surface area contributed by atoms with E-state index in [-0.39, 0.29) is 11.5 Å². The molecule has 0 fully saturated rings. The van der Waals surface area contributed by atoms with E-state index in [0.29, 0.717) is 35.2 Å². The lowest BCUT2D eigenvalue weighted by atomic mass is 10.0. The second kappa shape index (κ2) is 8.33. The first-order valence-corrected chi connectivity index (χ1v) is 9.56. The van der Waals surface area contributed by atoms with Crippen LogP contribution in [0.15, 0.2) is 66.4 Å². The van der Waals surface area contributed by atoms with E-state index < -0.39 is 0 Å². The first-order valence-electron chi connectivity index (χ1n) is 9.56. The standard InChI is InChI=1S/C25H22O5/c1-16-11-20(29-15-17-7-5-4-6-8-17)14-22-24(16)25(26)23(30-22)12-18-9-10-19(27-2)13-21(18)28-3/h4-14H,15H2,1-3H3/b23-12-. The van der Waals surface area contributed by atoms with Crippen LogP contribution >= 0.6 is 0 Å². The lowest BCUT2D eigenvalue weighted by molar-refractivity contribution is 0.101. The second-order valence-electron chi connectivity index (χ2n) is 6.94. The molecule has 0 saturated carbocycles. The number of carbonyl (C=O) groups excluding carboxylic acids is 1. The van der Waals surface area contributed by atoms with Crippen molar-refractivity contribution in [3.8, 4) is 23.0 Å². The number of methoxy groups -OCH3 is 2. The molecule has 0 atom stereocenters. The Kier molecular flexibility index (Phi) is 5.44. The second-order valence-corrected chi connectivity index (χ2v) is 6.94. The average Bonchev–Trinajstić information content (AvgIpc) is 3.08. The number of hydrogen-bond donors (Lipinski definition) is 0. The Balaban J connectivity index is 1.59. The molecule has 0 aliphatic carbocycles. The molecule has 152 valence electrons. The highest BCUT2D eigenvalue weighted by Gasteiger charge is 2.30. The first kappa shape index (κ1) is 19.6. The Hall–Kier alpha value is -3.73. The summed E-state index contributed by atoms with van der Waals surface area (Å²) in [6.45, 7) is 2.32. The van der Waals surface area contributed by atoms with Gasteiger partial charge in [0.05, 0.1) is 19.8 Å². The normalized spacial score (nSPS) is 13.7. The molecular weight excluding hydrogens is 380 g/mol. The Morgan fingerprint density at radius 1 is 0.933 bits per heavy atom. The van der Waals surface area contributed by atoms with Gasteiger partial charge in [-0.15, -0.1) is 0 Å². The highest BCUT2D eigenvalue weighted by Crippen LogP contribution is 2.38. The Morgan fingerprint density at radius 3 is 2.47 bits per heavy atom. The summed E-state index contributed by atoms with van der Waals surface area (Å²) >= 11 is 0. The molecule has 0 saturated heterocycles. The average molecular weight is 402 g/mol. The molecule has 5 nitrogen and oxygen atoms in total. The van der Waals surface area contributed by atoms with Crippen LogP contribution < -0.4 is 18.9 Å². The lowest BCUT2D eigenvalue weighted by Crippen LogP contribution is -2.00. The Bertz CT molecular complexity index is 1120. The van der Waals surface area contributed by atoms with Crippen molar-refractivity contribution in [2.24, 2.45) is 0 Å². The molecule has 3 aromatic rings. The third-order valence-electron chi connectivity index (χ3n) is 4.92. The number of hydrogen-bond acceptors (Lipinski definition) is 5. The maximum Gasteiger partial charge on any atom is 0.232 e. The Morgan fingerprint density at radius 2 is 1.73 bits per heavy atom. The molecule has 1 heterocycles. The SMILES string of the molecule is COc1ccc(/C=C2\Oc3cc(OCc4ccccc4)cc(C)c3C2=O)c(OC)c1. The molecule has 5 heteroatoms. The third kappa shape index (κ3) is 3.87. The minimum atomic E-state index is -0.157. The van der Waals surface area contributed by atoms with E-state index in [1.54, 1.807) is 32.4 Å². The molecule has 1 aliphatic heterocycles. The van der Waals surface area contributed by atoms with Gasteiger partial charge in [-0.25, -0.2) is 0 Å². The highest BCUT2D eigenvalue weighted by atomic mass is 16.5. The van der Waals surface area contributed by atoms with Crippen LogP contribution in [0.5, 0.6) is 23.0 Å². The van der Waals surface area contributed by atoms with E-state index in [4.69, 9.17) is 18.9 Å². The van der Waals surface area contributed by atoms with Gasteiger partial charge in [0.15, 0.2) is 5.76 Å². The van der Waals surface area contributed by atoms with Crippen LogP contribution in [0.1, 0.15) is 27.0 Å². The molecule has 4 rings (SSSR count). The summed E-state index contributed by atoms with van der Waals surface area (Å²) in [4.78, 5) is 12.9. The monoisotopic (exact) mass is 402 g/mol. The zero-order chi connectivity index (χ0) is 21.1. The van der Waals surface area contributed by atoms with Gasteiger partial charge in [-0.3, -0.25) is 4.79 Å². The summed E-state index contributed by atoms with van der Waals surface area (Å²) in [6.07, 6.45) is 1.69. The molecule has 0 bridgehead atoms. The van der Waals surface area contributed by atoms with Crippen LogP contribution in [0.2, 0.25) is 0 Å². The highest BCUT2D eigenvalue weighted by molar-refractivity contribution is 6.15. The van der Waals surface area contributed by atoms with E-state index >= 15 is 0 Å². The number of ether oxygens (including phenoxy) is 4. The van der Waals surface area contributed by atoms with Gasteiger partial charge < -0.3 is 18.9 Å². The van der Waals surface area contributed by atoms with Crippen molar-refractivity contribution in [1.29, 1.82) is 0 Å². The van der Waals surface area contributed by atoms with Crippen molar-refractivity contribution in [3.05, 3.63) is 88.7 Å². The molecule has 0 spiro atoms. The number of rotatable bonds is 6. The predicted molar refractivity (Wildman–Crippen MR) is 114 cm³/mol. The number of fused-ring (bicyclic) bond motifs is 1. The number of aryl methyl sites for hydroxylation is 1. The fraction of sp³-hybridized carbons (Fsp3) is 0.160. The summed E-state index contributed by atoms with van der Waals surface area (Å²) in [6, 6.07) is 18.9. The molecule has 0 aromatic heterocycles. The van der Waals surface area contributed by atoms with E-state index in [0.717, 1.165) is 16.7 Å². The molecule has 0 radical (unpaired) electrons. The van der Waals surface area contributed by atoms with Gasteiger partial charge in [0.25, 0.3) is 0 Å². The summed E-state index contributed by atoms with van der Waals surface area (Å²) in [5.74, 6) is 2.52. The van der Waals surface area contributed by atoms with E-state index in [2.05, 4.69) is 0 Å².